The van der Waals surface area contributed by atoms with Gasteiger partial charge in [0.05, 0.1) is 7.05 Å². The number of nitrogens with two attached hydrogens (primary N) is 1. The summed E-state index contributed by atoms with van der Waals surface area (Å²) in [5.41, 5.74) is 5.86. The first kappa shape index (κ1) is 8.27. The smallest absolute Gasteiger partial charge is 0.254 e. The first-order chi connectivity index (χ1) is 5.16. The molecule has 0 aliphatic heterocycles. The minimum Gasteiger partial charge on any atom is -0.293 e. The van der Waals surface area contributed by atoms with Crippen LogP contribution in [0.2, 0.25) is 0 Å². The summed E-state index contributed by atoms with van der Waals surface area (Å²) in [5, 5.41) is 0. The third-order valence-corrected chi connectivity index (χ3v) is 2.11. The average Bonchev–Trinajstić information content (AvgIpc) is 2.32. The Kier molecular flexibility index (Phi) is 2.29. The molecule has 1 rings (SSSR count). The number of hydrogen-bond donors (Lipinski definition) is 1. The van der Waals surface area contributed by atoms with Gasteiger partial charge in [0.15, 0.2) is 6.17 Å². The minimum absolute atomic E-state index is 0.121. The number of rotatable bonds is 2. The maximum Gasteiger partial charge on any atom is 0.254 e. The lowest BCUT2D eigenvalue weighted by Crippen LogP contribution is -2.31. The Bertz CT molecular complexity index is 239. The summed E-state index contributed by atoms with van der Waals surface area (Å²) in [6.07, 6.45) is 5.13. The van der Waals surface area contributed by atoms with E-state index in [1.54, 1.807) is 0 Å². The standard InChI is InChI=1S/C8H16N3/c1-4-8(9)11-6-5-10(3)7(11)2/h5-6,8H,4,9H2,1-3H3/q+1. The third-order valence-electron chi connectivity index (χ3n) is 2.11. The molecule has 0 aliphatic rings. The molecule has 0 aromatic carbocycles. The molecule has 11 heavy (non-hydrogen) atoms. The van der Waals surface area contributed by atoms with Crippen molar-refractivity contribution in [1.82, 2.24) is 4.57 Å². The van der Waals surface area contributed by atoms with Gasteiger partial charge in [-0.15, -0.1) is 0 Å². The van der Waals surface area contributed by atoms with Crippen molar-refractivity contribution in [3.05, 3.63) is 18.2 Å². The molecule has 0 saturated carbocycles. The highest BCUT2D eigenvalue weighted by Crippen LogP contribution is 2.04. The maximum absolute atomic E-state index is 5.86. The molecule has 1 atom stereocenters. The van der Waals surface area contributed by atoms with Crippen LogP contribution in [0.1, 0.15) is 25.3 Å². The Labute approximate surface area is 67.4 Å². The second-order valence-corrected chi connectivity index (χ2v) is 2.84. The van der Waals surface area contributed by atoms with Gasteiger partial charge < -0.3 is 0 Å². The third kappa shape index (κ3) is 1.43. The topological polar surface area (TPSA) is 34.8 Å². The van der Waals surface area contributed by atoms with Crippen LogP contribution in [-0.4, -0.2) is 4.57 Å². The van der Waals surface area contributed by atoms with Gasteiger partial charge >= 0.3 is 0 Å². The van der Waals surface area contributed by atoms with E-state index >= 15 is 0 Å². The highest BCUT2D eigenvalue weighted by atomic mass is 15.2. The molecular weight excluding hydrogens is 138 g/mol. The van der Waals surface area contributed by atoms with Crippen molar-refractivity contribution in [2.24, 2.45) is 12.8 Å². The molecule has 0 aliphatic carbocycles. The Balaban J connectivity index is 2.94. The van der Waals surface area contributed by atoms with Gasteiger partial charge in [0, 0.05) is 6.92 Å². The van der Waals surface area contributed by atoms with Gasteiger partial charge in [-0.2, -0.15) is 0 Å². The summed E-state index contributed by atoms with van der Waals surface area (Å²) in [6.45, 7) is 4.15. The van der Waals surface area contributed by atoms with E-state index in [4.69, 9.17) is 5.73 Å². The van der Waals surface area contributed by atoms with Gasteiger partial charge in [0.25, 0.3) is 5.82 Å². The normalized spacial score (nSPS) is 13.5. The van der Waals surface area contributed by atoms with Gasteiger partial charge in [0.2, 0.25) is 0 Å². The van der Waals surface area contributed by atoms with Crippen LogP contribution in [0.5, 0.6) is 0 Å². The van der Waals surface area contributed by atoms with E-state index in [-0.39, 0.29) is 6.17 Å². The Morgan fingerprint density at radius 2 is 2.36 bits per heavy atom. The molecule has 0 bridgehead atoms. The van der Waals surface area contributed by atoms with Crippen molar-refractivity contribution in [1.29, 1.82) is 0 Å². The van der Waals surface area contributed by atoms with Crippen LogP contribution in [0.3, 0.4) is 0 Å². The lowest BCUT2D eigenvalue weighted by Gasteiger charge is -2.05. The zero-order chi connectivity index (χ0) is 8.43. The highest BCUT2D eigenvalue weighted by molar-refractivity contribution is 4.82. The summed E-state index contributed by atoms with van der Waals surface area (Å²) >= 11 is 0. The predicted molar refractivity (Wildman–Crippen MR) is 43.9 cm³/mol. The summed E-state index contributed by atoms with van der Waals surface area (Å²) < 4.78 is 4.15. The van der Waals surface area contributed by atoms with E-state index in [0.29, 0.717) is 0 Å². The summed E-state index contributed by atoms with van der Waals surface area (Å²) in [5.74, 6) is 1.19. The van der Waals surface area contributed by atoms with Crippen LogP contribution in [0.4, 0.5) is 0 Å². The molecule has 3 nitrogen and oxygen atoms in total. The molecule has 0 radical (unpaired) electrons. The predicted octanol–water partition coefficient (Wildman–Crippen LogP) is 0.488. The first-order valence-corrected chi connectivity index (χ1v) is 3.95. The van der Waals surface area contributed by atoms with Crippen LogP contribution < -0.4 is 10.3 Å². The number of nitrogens with zero attached hydrogens (tertiary/aromatic N) is 2. The van der Waals surface area contributed by atoms with E-state index in [0.717, 1.165) is 6.42 Å². The van der Waals surface area contributed by atoms with Crippen LogP contribution in [0.25, 0.3) is 0 Å². The number of imidazole rings is 1. The molecule has 0 spiro atoms. The molecule has 0 saturated heterocycles. The number of hydrogen-bond acceptors (Lipinski definition) is 1. The summed E-state index contributed by atoms with van der Waals surface area (Å²) in [7, 11) is 2.02. The van der Waals surface area contributed by atoms with Crippen molar-refractivity contribution in [2.45, 2.75) is 26.4 Å². The molecule has 62 valence electrons. The summed E-state index contributed by atoms with van der Waals surface area (Å²) in [6, 6.07) is 0. The Morgan fingerprint density at radius 1 is 1.73 bits per heavy atom. The average molecular weight is 154 g/mol. The van der Waals surface area contributed by atoms with Crippen LogP contribution >= 0.6 is 0 Å². The van der Waals surface area contributed by atoms with E-state index in [1.807, 2.05) is 19.4 Å². The van der Waals surface area contributed by atoms with Crippen molar-refractivity contribution < 1.29 is 4.57 Å². The van der Waals surface area contributed by atoms with Gasteiger partial charge in [0.1, 0.15) is 12.4 Å². The second kappa shape index (κ2) is 3.05. The quantitative estimate of drug-likeness (QED) is 0.618. The first-order valence-electron chi connectivity index (χ1n) is 3.95. The van der Waals surface area contributed by atoms with E-state index in [9.17, 15) is 0 Å². The molecular formula is C8H16N3+. The van der Waals surface area contributed by atoms with Crippen molar-refractivity contribution in [3.63, 3.8) is 0 Å². The fourth-order valence-electron chi connectivity index (χ4n) is 1.12. The lowest BCUT2D eigenvalue weighted by molar-refractivity contribution is -0.677. The fourth-order valence-corrected chi connectivity index (χ4v) is 1.12. The second-order valence-electron chi connectivity index (χ2n) is 2.84. The van der Waals surface area contributed by atoms with Gasteiger partial charge in [-0.1, -0.05) is 6.92 Å². The highest BCUT2D eigenvalue weighted by Gasteiger charge is 2.13. The van der Waals surface area contributed by atoms with Gasteiger partial charge in [-0.25, -0.2) is 9.13 Å². The molecule has 2 N–H and O–H groups in total. The Hall–Kier alpha value is -0.830. The molecule has 3 heteroatoms. The van der Waals surface area contributed by atoms with Gasteiger partial charge in [-0.05, 0) is 6.42 Å². The maximum atomic E-state index is 5.86. The van der Waals surface area contributed by atoms with E-state index in [1.165, 1.54) is 5.82 Å². The lowest BCUT2D eigenvalue weighted by atomic mass is 10.4. The largest absolute Gasteiger partial charge is 0.293 e. The van der Waals surface area contributed by atoms with E-state index < -0.39 is 0 Å². The molecule has 1 aromatic rings. The van der Waals surface area contributed by atoms with Crippen LogP contribution in [0.15, 0.2) is 12.4 Å². The van der Waals surface area contributed by atoms with E-state index in [2.05, 4.69) is 23.0 Å². The van der Waals surface area contributed by atoms with Crippen LogP contribution in [0, 0.1) is 6.92 Å². The Morgan fingerprint density at radius 3 is 2.73 bits per heavy atom. The zero-order valence-corrected chi connectivity index (χ0v) is 7.41. The summed E-state index contributed by atoms with van der Waals surface area (Å²) in [4.78, 5) is 0. The molecule has 1 unspecified atom stereocenters. The molecule has 0 amide bonds. The molecule has 0 fully saturated rings. The number of aromatic nitrogens is 2. The minimum atomic E-state index is 0.121. The molecule has 1 heterocycles. The SMILES string of the molecule is CCC(N)n1cc[n+](C)c1C. The van der Waals surface area contributed by atoms with Crippen molar-refractivity contribution in [3.8, 4) is 0 Å². The molecule has 1 aromatic heterocycles. The number of aryl methyl sites for hydroxylation is 1. The fraction of sp³-hybridized carbons (Fsp3) is 0.625. The monoisotopic (exact) mass is 154 g/mol. The van der Waals surface area contributed by atoms with Crippen LogP contribution in [-0.2, 0) is 7.05 Å². The van der Waals surface area contributed by atoms with Crippen molar-refractivity contribution >= 4 is 0 Å². The van der Waals surface area contributed by atoms with Gasteiger partial charge in [-0.3, -0.25) is 5.73 Å². The zero-order valence-electron chi connectivity index (χ0n) is 7.41. The van der Waals surface area contributed by atoms with Crippen molar-refractivity contribution in [2.75, 3.05) is 0 Å².